The van der Waals surface area contributed by atoms with Crippen molar-refractivity contribution < 1.29 is 9.59 Å². The number of carbonyl (C=O) groups is 2. The Hall–Kier alpha value is -3.18. The second-order valence-electron chi connectivity index (χ2n) is 6.91. The first-order valence-electron chi connectivity index (χ1n) is 9.66. The standard InChI is InChI=1S/C24H22N2O2S/c27-23-17-21(18-7-3-1-4-8-18)26(16-15-25-23)24(28)14-12-20-11-13-22(29-20)19-9-5-2-6-10-19/h1-14,21H,15-17H2,(H,25,27)/b14-12+/t21-/m1/s1. The highest BCUT2D eigenvalue weighted by Gasteiger charge is 2.28. The second-order valence-corrected chi connectivity index (χ2v) is 8.03. The summed E-state index contributed by atoms with van der Waals surface area (Å²) < 4.78 is 0. The molecule has 0 saturated carbocycles. The van der Waals surface area contributed by atoms with Crippen molar-refractivity contribution in [2.45, 2.75) is 12.5 Å². The molecule has 4 nitrogen and oxygen atoms in total. The van der Waals surface area contributed by atoms with Gasteiger partial charge in [-0.05, 0) is 29.3 Å². The van der Waals surface area contributed by atoms with E-state index in [1.165, 1.54) is 10.4 Å². The van der Waals surface area contributed by atoms with Crippen molar-refractivity contribution in [3.05, 3.63) is 89.3 Å². The third-order valence-electron chi connectivity index (χ3n) is 4.97. The number of thiophene rings is 1. The number of amides is 2. The van der Waals surface area contributed by atoms with E-state index in [1.807, 2.05) is 60.7 Å². The molecule has 4 rings (SSSR count). The molecule has 1 N–H and O–H groups in total. The fraction of sp³-hybridized carbons (Fsp3) is 0.167. The number of carbonyl (C=O) groups excluding carboxylic acids is 2. The van der Waals surface area contributed by atoms with Crippen LogP contribution in [-0.2, 0) is 9.59 Å². The van der Waals surface area contributed by atoms with Gasteiger partial charge in [0.25, 0.3) is 0 Å². The lowest BCUT2D eigenvalue weighted by Gasteiger charge is -2.28. The largest absolute Gasteiger partial charge is 0.354 e. The van der Waals surface area contributed by atoms with Crippen LogP contribution in [0, 0.1) is 0 Å². The SMILES string of the molecule is O=C1C[C@H](c2ccccc2)N(C(=O)/C=C/c2ccc(-c3ccccc3)s2)CCN1. The molecule has 29 heavy (non-hydrogen) atoms. The molecule has 2 amide bonds. The van der Waals surface area contributed by atoms with E-state index >= 15 is 0 Å². The van der Waals surface area contributed by atoms with Crippen LogP contribution in [0.5, 0.6) is 0 Å². The zero-order valence-corrected chi connectivity index (χ0v) is 16.8. The van der Waals surface area contributed by atoms with Gasteiger partial charge >= 0.3 is 0 Å². The third kappa shape index (κ3) is 4.63. The van der Waals surface area contributed by atoms with E-state index in [0.29, 0.717) is 13.1 Å². The number of hydrogen-bond donors (Lipinski definition) is 1. The van der Waals surface area contributed by atoms with E-state index < -0.39 is 0 Å². The van der Waals surface area contributed by atoms with Crippen LogP contribution in [0.2, 0.25) is 0 Å². The van der Waals surface area contributed by atoms with Gasteiger partial charge in [-0.25, -0.2) is 0 Å². The number of hydrogen-bond acceptors (Lipinski definition) is 3. The van der Waals surface area contributed by atoms with Gasteiger partial charge in [0.1, 0.15) is 0 Å². The molecule has 146 valence electrons. The monoisotopic (exact) mass is 402 g/mol. The molecule has 2 heterocycles. The lowest BCUT2D eigenvalue weighted by atomic mass is 10.0. The number of nitrogens with zero attached hydrogens (tertiary/aromatic N) is 1. The van der Waals surface area contributed by atoms with E-state index in [9.17, 15) is 9.59 Å². The van der Waals surface area contributed by atoms with E-state index in [-0.39, 0.29) is 24.3 Å². The molecule has 3 aromatic rings. The Morgan fingerprint density at radius 3 is 2.48 bits per heavy atom. The Balaban J connectivity index is 1.53. The highest BCUT2D eigenvalue weighted by atomic mass is 32.1. The van der Waals surface area contributed by atoms with Gasteiger partial charge in [-0.15, -0.1) is 11.3 Å². The summed E-state index contributed by atoms with van der Waals surface area (Å²) in [4.78, 5) is 29.1. The Morgan fingerprint density at radius 2 is 1.72 bits per heavy atom. The van der Waals surface area contributed by atoms with Crippen LogP contribution in [0.4, 0.5) is 0 Å². The molecule has 1 aliphatic rings. The summed E-state index contributed by atoms with van der Waals surface area (Å²) in [6.45, 7) is 0.965. The molecule has 5 heteroatoms. The minimum atomic E-state index is -0.251. The fourth-order valence-electron chi connectivity index (χ4n) is 3.52. The molecular formula is C24H22N2O2S. The zero-order chi connectivity index (χ0) is 20.1. The first kappa shape index (κ1) is 19.2. The lowest BCUT2D eigenvalue weighted by Crippen LogP contribution is -2.35. The topological polar surface area (TPSA) is 49.4 Å². The van der Waals surface area contributed by atoms with Gasteiger partial charge in [0.05, 0.1) is 12.5 Å². The molecule has 0 spiro atoms. The van der Waals surface area contributed by atoms with Crippen molar-refractivity contribution >= 4 is 29.2 Å². The van der Waals surface area contributed by atoms with Crippen LogP contribution in [0.15, 0.2) is 78.9 Å². The molecule has 2 aromatic carbocycles. The first-order valence-corrected chi connectivity index (χ1v) is 10.5. The number of rotatable bonds is 4. The summed E-state index contributed by atoms with van der Waals surface area (Å²) in [5.41, 5.74) is 2.15. The van der Waals surface area contributed by atoms with Gasteiger partial charge in [-0.2, -0.15) is 0 Å². The van der Waals surface area contributed by atoms with E-state index in [2.05, 4.69) is 23.5 Å². The van der Waals surface area contributed by atoms with Crippen molar-refractivity contribution in [1.82, 2.24) is 10.2 Å². The first-order chi connectivity index (χ1) is 14.2. The average molecular weight is 403 g/mol. The van der Waals surface area contributed by atoms with Gasteiger partial charge in [-0.1, -0.05) is 60.7 Å². The molecule has 1 fully saturated rings. The number of nitrogens with one attached hydrogen (secondary N) is 1. The lowest BCUT2D eigenvalue weighted by molar-refractivity contribution is -0.128. The Morgan fingerprint density at radius 1 is 1.00 bits per heavy atom. The molecule has 1 aliphatic heterocycles. The van der Waals surface area contributed by atoms with Gasteiger partial charge in [-0.3, -0.25) is 9.59 Å². The molecule has 0 aliphatic carbocycles. The predicted octanol–water partition coefficient (Wildman–Crippen LogP) is 4.52. The molecular weight excluding hydrogens is 380 g/mol. The molecule has 0 unspecified atom stereocenters. The van der Waals surface area contributed by atoms with Gasteiger partial charge in [0.15, 0.2) is 0 Å². The van der Waals surface area contributed by atoms with Crippen molar-refractivity contribution in [3.8, 4) is 10.4 Å². The van der Waals surface area contributed by atoms with Crippen LogP contribution in [0.1, 0.15) is 22.9 Å². The Bertz CT molecular complexity index is 1010. The van der Waals surface area contributed by atoms with Crippen molar-refractivity contribution in [2.24, 2.45) is 0 Å². The summed E-state index contributed by atoms with van der Waals surface area (Å²) in [7, 11) is 0. The quantitative estimate of drug-likeness (QED) is 0.653. The summed E-state index contributed by atoms with van der Waals surface area (Å²) in [5, 5.41) is 2.87. The molecule has 1 aromatic heterocycles. The minimum absolute atomic E-state index is 0.0242. The maximum absolute atomic E-state index is 13.0. The van der Waals surface area contributed by atoms with Crippen LogP contribution < -0.4 is 5.32 Å². The van der Waals surface area contributed by atoms with Gasteiger partial charge < -0.3 is 10.2 Å². The van der Waals surface area contributed by atoms with Crippen LogP contribution >= 0.6 is 11.3 Å². The third-order valence-corrected chi connectivity index (χ3v) is 6.07. The molecule has 0 bridgehead atoms. The predicted molar refractivity (Wildman–Crippen MR) is 117 cm³/mol. The molecule has 1 atom stereocenters. The summed E-state index contributed by atoms with van der Waals surface area (Å²) in [6, 6.07) is 23.8. The normalized spacial score (nSPS) is 17.2. The van der Waals surface area contributed by atoms with Gasteiger partial charge in [0.2, 0.25) is 11.8 Å². The van der Waals surface area contributed by atoms with Crippen molar-refractivity contribution in [3.63, 3.8) is 0 Å². The van der Waals surface area contributed by atoms with Gasteiger partial charge in [0, 0.05) is 28.9 Å². The maximum Gasteiger partial charge on any atom is 0.247 e. The highest BCUT2D eigenvalue weighted by Crippen LogP contribution is 2.29. The highest BCUT2D eigenvalue weighted by molar-refractivity contribution is 7.16. The van der Waals surface area contributed by atoms with Crippen LogP contribution in [0.25, 0.3) is 16.5 Å². The smallest absolute Gasteiger partial charge is 0.247 e. The molecule has 1 saturated heterocycles. The van der Waals surface area contributed by atoms with Crippen LogP contribution in [-0.4, -0.2) is 29.8 Å². The maximum atomic E-state index is 13.0. The second kappa shape index (κ2) is 8.88. The van der Waals surface area contributed by atoms with Crippen molar-refractivity contribution in [2.75, 3.05) is 13.1 Å². The average Bonchev–Trinajstić information content (AvgIpc) is 3.15. The van der Waals surface area contributed by atoms with E-state index in [0.717, 1.165) is 10.4 Å². The summed E-state index contributed by atoms with van der Waals surface area (Å²) >= 11 is 1.65. The Labute approximate surface area is 174 Å². The Kier molecular flexibility index (Phi) is 5.86. The van der Waals surface area contributed by atoms with E-state index in [1.54, 1.807) is 22.3 Å². The molecule has 0 radical (unpaired) electrons. The van der Waals surface area contributed by atoms with Crippen LogP contribution in [0.3, 0.4) is 0 Å². The number of benzene rings is 2. The fourth-order valence-corrected chi connectivity index (χ4v) is 4.43. The zero-order valence-electron chi connectivity index (χ0n) is 16.0. The minimum Gasteiger partial charge on any atom is -0.354 e. The van der Waals surface area contributed by atoms with E-state index in [4.69, 9.17) is 0 Å². The van der Waals surface area contributed by atoms with Crippen molar-refractivity contribution in [1.29, 1.82) is 0 Å². The summed E-state index contributed by atoms with van der Waals surface area (Å²) in [6.07, 6.45) is 3.76. The summed E-state index contributed by atoms with van der Waals surface area (Å²) in [5.74, 6) is -0.103.